The molecule has 4 rings (SSSR count). The second kappa shape index (κ2) is 6.73. The Hall–Kier alpha value is -2.58. The summed E-state index contributed by atoms with van der Waals surface area (Å²) in [7, 11) is 0. The topological polar surface area (TPSA) is 41.8 Å². The number of aryl methyl sites for hydroxylation is 2. The molecule has 0 amide bonds. The molecule has 2 nitrogen and oxygen atoms in total. The van der Waals surface area contributed by atoms with Crippen LogP contribution in [0.25, 0.3) is 32.9 Å². The Labute approximate surface area is 148 Å². The summed E-state index contributed by atoms with van der Waals surface area (Å²) in [6.07, 6.45) is 3.25. The molecular weight excluding hydrogens is 304 g/mol. The van der Waals surface area contributed by atoms with E-state index in [2.05, 4.69) is 72.6 Å². The zero-order chi connectivity index (χ0) is 17.2. The lowest BCUT2D eigenvalue weighted by Gasteiger charge is -2.07. The van der Waals surface area contributed by atoms with Gasteiger partial charge in [-0.3, -0.25) is 0 Å². The molecule has 0 unspecified atom stereocenters. The third-order valence-corrected chi connectivity index (χ3v) is 4.98. The molecule has 2 heteroatoms. The molecule has 0 aliphatic carbocycles. The summed E-state index contributed by atoms with van der Waals surface area (Å²) in [6.45, 7) is 2.92. The Kier molecular flexibility index (Phi) is 4.29. The number of unbranched alkanes of at least 4 members (excludes halogenated alkanes) is 1. The SMILES string of the molecule is Cc1ccc2[nH]c(-c3ccc4ccccc4c3)c(CCCCN)c2c1. The van der Waals surface area contributed by atoms with Crippen LogP contribution in [0, 0.1) is 6.92 Å². The van der Waals surface area contributed by atoms with Crippen molar-refractivity contribution in [2.75, 3.05) is 6.54 Å². The van der Waals surface area contributed by atoms with E-state index in [4.69, 9.17) is 5.73 Å². The number of hydrogen-bond donors (Lipinski definition) is 2. The smallest absolute Gasteiger partial charge is 0.0497 e. The van der Waals surface area contributed by atoms with E-state index in [1.165, 1.54) is 44.1 Å². The number of hydrogen-bond acceptors (Lipinski definition) is 1. The van der Waals surface area contributed by atoms with E-state index in [9.17, 15) is 0 Å². The number of fused-ring (bicyclic) bond motifs is 2. The average Bonchev–Trinajstić information content (AvgIpc) is 2.99. The predicted octanol–water partition coefficient (Wildman–Crippen LogP) is 5.58. The Balaban J connectivity index is 1.87. The zero-order valence-corrected chi connectivity index (χ0v) is 14.7. The standard InChI is InChI=1S/C23H24N2/c1-16-9-12-22-21(14-16)20(8-4-5-13-24)23(25-22)19-11-10-17-6-2-3-7-18(17)15-19/h2-3,6-7,9-12,14-15,25H,4-5,8,13,24H2,1H3. The lowest BCUT2D eigenvalue weighted by atomic mass is 9.98. The Bertz CT molecular complexity index is 1030. The molecule has 0 saturated heterocycles. The Morgan fingerprint density at radius 1 is 0.880 bits per heavy atom. The van der Waals surface area contributed by atoms with E-state index in [0.717, 1.165) is 25.8 Å². The van der Waals surface area contributed by atoms with Gasteiger partial charge in [0, 0.05) is 16.6 Å². The number of benzene rings is 3. The van der Waals surface area contributed by atoms with Gasteiger partial charge in [-0.1, -0.05) is 48.0 Å². The summed E-state index contributed by atoms with van der Waals surface area (Å²) >= 11 is 0. The number of H-pyrrole nitrogens is 1. The second-order valence-electron chi connectivity index (χ2n) is 6.84. The summed E-state index contributed by atoms with van der Waals surface area (Å²) in [5, 5.41) is 3.91. The van der Waals surface area contributed by atoms with Gasteiger partial charge in [-0.15, -0.1) is 0 Å². The van der Waals surface area contributed by atoms with Crippen molar-refractivity contribution in [2.24, 2.45) is 5.73 Å². The van der Waals surface area contributed by atoms with Crippen molar-refractivity contribution in [2.45, 2.75) is 26.2 Å². The maximum atomic E-state index is 5.71. The number of nitrogens with one attached hydrogen (secondary N) is 1. The molecule has 25 heavy (non-hydrogen) atoms. The fourth-order valence-electron chi connectivity index (χ4n) is 3.66. The molecule has 0 saturated carbocycles. The van der Waals surface area contributed by atoms with Crippen LogP contribution in [0.3, 0.4) is 0 Å². The van der Waals surface area contributed by atoms with E-state index in [1.54, 1.807) is 0 Å². The molecule has 0 aliphatic rings. The van der Waals surface area contributed by atoms with Gasteiger partial charge in [0.15, 0.2) is 0 Å². The third-order valence-electron chi connectivity index (χ3n) is 4.98. The maximum Gasteiger partial charge on any atom is 0.0497 e. The van der Waals surface area contributed by atoms with E-state index < -0.39 is 0 Å². The molecule has 3 N–H and O–H groups in total. The van der Waals surface area contributed by atoms with E-state index in [0.29, 0.717) is 0 Å². The van der Waals surface area contributed by atoms with E-state index in [1.807, 2.05) is 0 Å². The third kappa shape index (κ3) is 3.06. The van der Waals surface area contributed by atoms with Crippen LogP contribution >= 0.6 is 0 Å². The van der Waals surface area contributed by atoms with Gasteiger partial charge in [-0.25, -0.2) is 0 Å². The van der Waals surface area contributed by atoms with Crippen LogP contribution < -0.4 is 5.73 Å². The van der Waals surface area contributed by atoms with Crippen LogP contribution in [0.5, 0.6) is 0 Å². The molecule has 3 aromatic carbocycles. The monoisotopic (exact) mass is 328 g/mol. The van der Waals surface area contributed by atoms with Crippen LogP contribution in [0.15, 0.2) is 60.7 Å². The molecule has 4 aromatic rings. The molecule has 0 fully saturated rings. The summed E-state index contributed by atoms with van der Waals surface area (Å²) in [5.74, 6) is 0. The minimum Gasteiger partial charge on any atom is -0.354 e. The molecule has 0 aliphatic heterocycles. The van der Waals surface area contributed by atoms with Crippen LogP contribution in [0.1, 0.15) is 24.0 Å². The van der Waals surface area contributed by atoms with Crippen molar-refractivity contribution in [1.29, 1.82) is 0 Å². The van der Waals surface area contributed by atoms with Gasteiger partial charge < -0.3 is 10.7 Å². The van der Waals surface area contributed by atoms with Crippen molar-refractivity contribution in [3.8, 4) is 11.3 Å². The highest BCUT2D eigenvalue weighted by Crippen LogP contribution is 2.33. The first kappa shape index (κ1) is 15.9. The lowest BCUT2D eigenvalue weighted by Crippen LogP contribution is -1.99. The second-order valence-corrected chi connectivity index (χ2v) is 6.84. The largest absolute Gasteiger partial charge is 0.354 e. The highest BCUT2D eigenvalue weighted by atomic mass is 14.7. The van der Waals surface area contributed by atoms with Crippen LogP contribution in [-0.2, 0) is 6.42 Å². The molecule has 0 bridgehead atoms. The summed E-state index contributed by atoms with van der Waals surface area (Å²) in [4.78, 5) is 3.67. The molecule has 126 valence electrons. The molecule has 0 atom stereocenters. The first-order valence-corrected chi connectivity index (χ1v) is 9.07. The number of nitrogens with two attached hydrogens (primary N) is 1. The van der Waals surface area contributed by atoms with Crippen LogP contribution in [-0.4, -0.2) is 11.5 Å². The highest BCUT2D eigenvalue weighted by molar-refractivity contribution is 5.94. The molecular formula is C23H24N2. The molecule has 1 heterocycles. The van der Waals surface area contributed by atoms with Gasteiger partial charge in [0.05, 0.1) is 0 Å². The lowest BCUT2D eigenvalue weighted by molar-refractivity contribution is 0.748. The molecule has 1 aromatic heterocycles. The Morgan fingerprint density at radius 2 is 1.72 bits per heavy atom. The number of aromatic nitrogens is 1. The molecule has 0 radical (unpaired) electrons. The fourth-order valence-corrected chi connectivity index (χ4v) is 3.66. The highest BCUT2D eigenvalue weighted by Gasteiger charge is 2.13. The molecule has 0 spiro atoms. The number of aromatic amines is 1. The van der Waals surface area contributed by atoms with E-state index >= 15 is 0 Å². The van der Waals surface area contributed by atoms with Gasteiger partial charge >= 0.3 is 0 Å². The first-order chi connectivity index (χ1) is 12.3. The summed E-state index contributed by atoms with van der Waals surface area (Å²) < 4.78 is 0. The summed E-state index contributed by atoms with van der Waals surface area (Å²) in [6, 6.07) is 21.9. The zero-order valence-electron chi connectivity index (χ0n) is 14.7. The van der Waals surface area contributed by atoms with Crippen molar-refractivity contribution < 1.29 is 0 Å². The van der Waals surface area contributed by atoms with Gasteiger partial charge in [-0.2, -0.15) is 0 Å². The van der Waals surface area contributed by atoms with Gasteiger partial charge in [-0.05, 0) is 72.8 Å². The number of rotatable bonds is 5. The first-order valence-electron chi connectivity index (χ1n) is 9.07. The average molecular weight is 328 g/mol. The van der Waals surface area contributed by atoms with Crippen molar-refractivity contribution >= 4 is 21.7 Å². The van der Waals surface area contributed by atoms with Crippen molar-refractivity contribution in [3.63, 3.8) is 0 Å². The van der Waals surface area contributed by atoms with Gasteiger partial charge in [0.25, 0.3) is 0 Å². The van der Waals surface area contributed by atoms with Crippen molar-refractivity contribution in [1.82, 2.24) is 4.98 Å². The minimum absolute atomic E-state index is 0.757. The van der Waals surface area contributed by atoms with E-state index in [-0.39, 0.29) is 0 Å². The van der Waals surface area contributed by atoms with Crippen LogP contribution in [0.4, 0.5) is 0 Å². The Morgan fingerprint density at radius 3 is 2.56 bits per heavy atom. The normalized spacial score (nSPS) is 11.4. The summed E-state index contributed by atoms with van der Waals surface area (Å²) in [5.41, 5.74) is 12.2. The maximum absolute atomic E-state index is 5.71. The van der Waals surface area contributed by atoms with Crippen molar-refractivity contribution in [3.05, 3.63) is 71.8 Å². The quantitative estimate of drug-likeness (QED) is 0.461. The van der Waals surface area contributed by atoms with Gasteiger partial charge in [0.2, 0.25) is 0 Å². The minimum atomic E-state index is 0.757. The van der Waals surface area contributed by atoms with Crippen LogP contribution in [0.2, 0.25) is 0 Å². The fraction of sp³-hybridized carbons (Fsp3) is 0.217. The predicted molar refractivity (Wildman–Crippen MR) is 108 cm³/mol. The van der Waals surface area contributed by atoms with Gasteiger partial charge in [0.1, 0.15) is 0 Å².